The number of unbranched alkanes of at least 4 members (excludes halogenated alkanes) is 55. The first-order valence-corrected chi connectivity index (χ1v) is 37.3. The largest absolute Gasteiger partial charge is 0.462 e. The highest BCUT2D eigenvalue weighted by Crippen LogP contribution is 2.19. The highest BCUT2D eigenvalue weighted by atomic mass is 16.6. The molecule has 0 aliphatic heterocycles. The number of esters is 3. The molecule has 0 aromatic heterocycles. The van der Waals surface area contributed by atoms with Gasteiger partial charge in [-0.3, -0.25) is 14.4 Å². The lowest BCUT2D eigenvalue weighted by molar-refractivity contribution is -0.167. The Bertz CT molecular complexity index is 1320. The molecule has 0 fully saturated rings. The summed E-state index contributed by atoms with van der Waals surface area (Å²) >= 11 is 0. The topological polar surface area (TPSA) is 78.9 Å². The molecule has 0 radical (unpaired) electrons. The number of rotatable bonds is 70. The van der Waals surface area contributed by atoms with Crippen molar-refractivity contribution in [3.63, 3.8) is 0 Å². The van der Waals surface area contributed by atoms with Crippen LogP contribution in [-0.2, 0) is 28.6 Å². The third-order valence-corrected chi connectivity index (χ3v) is 17.2. The van der Waals surface area contributed by atoms with E-state index in [1.165, 1.54) is 321 Å². The van der Waals surface area contributed by atoms with Crippen molar-refractivity contribution >= 4 is 17.9 Å². The van der Waals surface area contributed by atoms with E-state index in [2.05, 4.69) is 45.1 Å². The molecule has 0 bridgehead atoms. The van der Waals surface area contributed by atoms with Gasteiger partial charge in [0.15, 0.2) is 6.10 Å². The Morgan fingerprint density at radius 3 is 0.610 bits per heavy atom. The van der Waals surface area contributed by atoms with Crippen molar-refractivity contribution in [3.05, 3.63) is 24.3 Å². The van der Waals surface area contributed by atoms with Gasteiger partial charge in [0.1, 0.15) is 13.2 Å². The van der Waals surface area contributed by atoms with Gasteiger partial charge in [0, 0.05) is 19.3 Å². The van der Waals surface area contributed by atoms with Crippen LogP contribution in [0.25, 0.3) is 0 Å². The van der Waals surface area contributed by atoms with Crippen molar-refractivity contribution in [2.45, 2.75) is 431 Å². The highest BCUT2D eigenvalue weighted by Gasteiger charge is 2.20. The molecule has 0 heterocycles. The molecular weight excluding hydrogens is 1010 g/mol. The fourth-order valence-corrected chi connectivity index (χ4v) is 11.6. The number of allylic oxidation sites excluding steroid dienone is 4. The molecule has 0 N–H and O–H groups in total. The normalized spacial score (nSPS) is 12.1. The Labute approximate surface area is 513 Å². The Kier molecular flexibility index (Phi) is 69.5. The van der Waals surface area contributed by atoms with Crippen LogP contribution >= 0.6 is 0 Å². The fourth-order valence-electron chi connectivity index (χ4n) is 11.6. The van der Waals surface area contributed by atoms with E-state index in [0.29, 0.717) is 19.3 Å². The third kappa shape index (κ3) is 68.7. The molecule has 484 valence electrons. The van der Waals surface area contributed by atoms with Crippen molar-refractivity contribution in [2.75, 3.05) is 13.2 Å². The summed E-state index contributed by atoms with van der Waals surface area (Å²) in [5, 5.41) is 0. The minimum atomic E-state index is -0.772. The third-order valence-electron chi connectivity index (χ3n) is 17.2. The van der Waals surface area contributed by atoms with E-state index in [-0.39, 0.29) is 31.1 Å². The molecule has 0 aromatic carbocycles. The maximum Gasteiger partial charge on any atom is 0.306 e. The van der Waals surface area contributed by atoms with Gasteiger partial charge in [0.25, 0.3) is 0 Å². The van der Waals surface area contributed by atoms with Crippen LogP contribution in [0.15, 0.2) is 24.3 Å². The van der Waals surface area contributed by atoms with Crippen molar-refractivity contribution in [1.29, 1.82) is 0 Å². The van der Waals surface area contributed by atoms with Crippen LogP contribution in [0.5, 0.6) is 0 Å². The summed E-state index contributed by atoms with van der Waals surface area (Å²) in [6.45, 7) is 6.71. The van der Waals surface area contributed by atoms with Gasteiger partial charge < -0.3 is 14.2 Å². The van der Waals surface area contributed by atoms with Crippen LogP contribution in [-0.4, -0.2) is 37.2 Å². The predicted octanol–water partition coefficient (Wildman–Crippen LogP) is 25.7. The summed E-state index contributed by atoms with van der Waals surface area (Å²) in [7, 11) is 0. The average Bonchev–Trinajstić information content (AvgIpc) is 3.47. The minimum absolute atomic E-state index is 0.0679. The minimum Gasteiger partial charge on any atom is -0.462 e. The first-order valence-electron chi connectivity index (χ1n) is 37.3. The molecular formula is C76H144O6. The first-order chi connectivity index (χ1) is 40.5. The van der Waals surface area contributed by atoms with Crippen molar-refractivity contribution in [3.8, 4) is 0 Å². The summed E-state index contributed by atoms with van der Waals surface area (Å²) < 4.78 is 17.0. The van der Waals surface area contributed by atoms with E-state index in [1.807, 2.05) is 0 Å². The molecule has 1 unspecified atom stereocenters. The molecule has 6 heteroatoms. The quantitative estimate of drug-likeness (QED) is 0.0261. The molecule has 0 amide bonds. The lowest BCUT2D eigenvalue weighted by atomic mass is 10.0. The zero-order valence-corrected chi connectivity index (χ0v) is 55.8. The van der Waals surface area contributed by atoms with Crippen LogP contribution < -0.4 is 0 Å². The van der Waals surface area contributed by atoms with Crippen LogP contribution in [0, 0.1) is 0 Å². The smallest absolute Gasteiger partial charge is 0.306 e. The molecule has 0 aliphatic carbocycles. The maximum absolute atomic E-state index is 12.9. The summed E-state index contributed by atoms with van der Waals surface area (Å²) in [5.41, 5.74) is 0. The van der Waals surface area contributed by atoms with Gasteiger partial charge in [-0.2, -0.15) is 0 Å². The maximum atomic E-state index is 12.9. The van der Waals surface area contributed by atoms with Gasteiger partial charge in [-0.15, -0.1) is 0 Å². The van der Waals surface area contributed by atoms with E-state index in [9.17, 15) is 14.4 Å². The second-order valence-corrected chi connectivity index (χ2v) is 25.6. The summed E-state index contributed by atoms with van der Waals surface area (Å²) in [6.07, 6.45) is 88.1. The fraction of sp³-hybridized carbons (Fsp3) is 0.908. The molecule has 1 atom stereocenters. The van der Waals surface area contributed by atoms with Gasteiger partial charge in [0.2, 0.25) is 0 Å². The second kappa shape index (κ2) is 71.4. The number of hydrogen-bond acceptors (Lipinski definition) is 6. The predicted molar refractivity (Wildman–Crippen MR) is 358 cm³/mol. The molecule has 0 aromatic rings. The molecule has 0 aliphatic rings. The van der Waals surface area contributed by atoms with Gasteiger partial charge in [-0.25, -0.2) is 0 Å². The summed E-state index contributed by atoms with van der Waals surface area (Å²) in [6, 6.07) is 0. The van der Waals surface area contributed by atoms with Crippen LogP contribution in [0.1, 0.15) is 425 Å². The summed E-state index contributed by atoms with van der Waals surface area (Å²) in [5.74, 6) is -0.844. The van der Waals surface area contributed by atoms with E-state index in [4.69, 9.17) is 14.2 Å². The molecule has 0 saturated heterocycles. The Morgan fingerprint density at radius 2 is 0.402 bits per heavy atom. The lowest BCUT2D eigenvalue weighted by Crippen LogP contribution is -2.30. The average molecular weight is 1150 g/mol. The van der Waals surface area contributed by atoms with Crippen LogP contribution in [0.3, 0.4) is 0 Å². The van der Waals surface area contributed by atoms with Crippen molar-refractivity contribution in [2.24, 2.45) is 0 Å². The summed E-state index contributed by atoms with van der Waals surface area (Å²) in [4.78, 5) is 38.4. The van der Waals surface area contributed by atoms with Gasteiger partial charge in [-0.1, -0.05) is 360 Å². The molecule has 82 heavy (non-hydrogen) atoms. The van der Waals surface area contributed by atoms with E-state index < -0.39 is 6.10 Å². The number of carbonyl (C=O) groups is 3. The van der Waals surface area contributed by atoms with Gasteiger partial charge in [0.05, 0.1) is 0 Å². The van der Waals surface area contributed by atoms with Gasteiger partial charge in [-0.05, 0) is 70.6 Å². The molecule has 0 spiro atoms. The van der Waals surface area contributed by atoms with Crippen LogP contribution in [0.4, 0.5) is 0 Å². The highest BCUT2D eigenvalue weighted by molar-refractivity contribution is 5.71. The van der Waals surface area contributed by atoms with E-state index >= 15 is 0 Å². The molecule has 6 nitrogen and oxygen atoms in total. The number of ether oxygens (including phenoxy) is 3. The Balaban J connectivity index is 4.05. The number of carbonyl (C=O) groups excluding carboxylic acids is 3. The zero-order valence-electron chi connectivity index (χ0n) is 55.8. The first kappa shape index (κ1) is 79.9. The monoisotopic (exact) mass is 1150 g/mol. The van der Waals surface area contributed by atoms with Gasteiger partial charge >= 0.3 is 17.9 Å². The lowest BCUT2D eigenvalue weighted by Gasteiger charge is -2.18. The Hall–Kier alpha value is -2.11. The molecule has 0 rings (SSSR count). The zero-order chi connectivity index (χ0) is 59.2. The SMILES string of the molecule is CCCCCCCCC/C=C\CCCCCCCC(=O)OC(COC(=O)CCCCCCCCCCCCCCC)COC(=O)CCCCCCCCCCCCCCCCCCCCCCCCC/C=C\CCCCCCCCCC. The number of hydrogen-bond donors (Lipinski definition) is 0. The van der Waals surface area contributed by atoms with E-state index in [1.54, 1.807) is 0 Å². The Morgan fingerprint density at radius 1 is 0.232 bits per heavy atom. The standard InChI is InChI=1S/C76H144O6/c1-4-7-10-13-16-19-22-25-27-29-30-31-32-33-34-35-36-37-38-39-40-41-42-43-44-45-46-47-49-51-54-57-60-63-66-69-75(78)81-72-73(71-80-74(77)68-65-62-59-56-53-50-24-21-18-15-12-9-6-3)82-76(79)70-67-64-61-58-55-52-48-28-26-23-20-17-14-11-8-5-2/h28-30,48,73H,4-27,31-47,49-72H2,1-3H3/b30-29-,48-28-. The van der Waals surface area contributed by atoms with Crippen LogP contribution in [0.2, 0.25) is 0 Å². The second-order valence-electron chi connectivity index (χ2n) is 25.6. The van der Waals surface area contributed by atoms with Crippen molar-refractivity contribution in [1.82, 2.24) is 0 Å². The molecule has 0 saturated carbocycles. The van der Waals surface area contributed by atoms with Crippen molar-refractivity contribution < 1.29 is 28.6 Å². The van der Waals surface area contributed by atoms with E-state index in [0.717, 1.165) is 64.2 Å².